The van der Waals surface area contributed by atoms with E-state index in [1.807, 2.05) is 0 Å². The van der Waals surface area contributed by atoms with Crippen molar-refractivity contribution in [3.8, 4) is 10.9 Å². The number of aryl methyl sites for hydroxylation is 1. The minimum atomic E-state index is -0.908. The Labute approximate surface area is 160 Å². The third-order valence-corrected chi connectivity index (χ3v) is 4.43. The molecule has 0 bridgehead atoms. The van der Waals surface area contributed by atoms with E-state index in [0.29, 0.717) is 17.0 Å². The van der Waals surface area contributed by atoms with E-state index in [-0.39, 0.29) is 11.7 Å². The van der Waals surface area contributed by atoms with Gasteiger partial charge in [0.1, 0.15) is 11.6 Å². The van der Waals surface area contributed by atoms with E-state index in [0.717, 1.165) is 32.9 Å². The van der Waals surface area contributed by atoms with Crippen LogP contribution in [0.25, 0.3) is 5.13 Å². The summed E-state index contributed by atoms with van der Waals surface area (Å²) in [7, 11) is 1.40. The molecule has 0 fully saturated rings. The molecular weight excluding hydrogens is 391 g/mol. The van der Waals surface area contributed by atoms with Gasteiger partial charge in [0.25, 0.3) is 5.62 Å². The number of aromatic nitrogens is 3. The van der Waals surface area contributed by atoms with Gasteiger partial charge >= 0.3 is 11.3 Å². The lowest BCUT2D eigenvalue weighted by molar-refractivity contribution is 0.196. The van der Waals surface area contributed by atoms with Gasteiger partial charge in [-0.2, -0.15) is 4.74 Å². The maximum absolute atomic E-state index is 13.7. The van der Waals surface area contributed by atoms with Crippen LogP contribution in [-0.2, 0) is 6.54 Å². The van der Waals surface area contributed by atoms with E-state index >= 15 is 0 Å². The van der Waals surface area contributed by atoms with E-state index in [1.165, 1.54) is 25.3 Å². The van der Waals surface area contributed by atoms with Crippen LogP contribution in [0.1, 0.15) is 11.3 Å². The van der Waals surface area contributed by atoms with Crippen molar-refractivity contribution in [2.45, 2.75) is 13.5 Å². The van der Waals surface area contributed by atoms with Crippen molar-refractivity contribution >= 4 is 11.3 Å². The minimum Gasteiger partial charge on any atom is -0.496 e. The predicted molar refractivity (Wildman–Crippen MR) is 96.8 cm³/mol. The molecular formula is C17H15FN4O5S. The summed E-state index contributed by atoms with van der Waals surface area (Å²) in [6.45, 7) is 1.49. The van der Waals surface area contributed by atoms with Crippen molar-refractivity contribution in [3.63, 3.8) is 0 Å². The molecule has 0 unspecified atom stereocenters. The van der Waals surface area contributed by atoms with Crippen molar-refractivity contribution in [1.82, 2.24) is 14.5 Å². The fraction of sp³-hybridized carbons (Fsp3) is 0.176. The van der Waals surface area contributed by atoms with Gasteiger partial charge in [-0.15, -0.1) is 16.1 Å². The summed E-state index contributed by atoms with van der Waals surface area (Å²) in [5.74, 6) is -0.203. The van der Waals surface area contributed by atoms with E-state index in [4.69, 9.17) is 19.2 Å². The standard InChI is InChI=1S/C17H15FN4O5S/c1-10-9-28-17(20-10)22-16(19)21(26-14(23)5-6-15(24)27-22)8-11-7-12(18)3-4-13(11)25-2/h3-7,9,19H,8H2,1-2H3. The number of methoxy groups -OCH3 is 1. The SMILES string of the molecule is COc1ccc(F)cc1Cn1oc(=O)ccc(=O)on(-c2nc(C)cs2)c1=N. The molecule has 2 aromatic heterocycles. The van der Waals surface area contributed by atoms with Crippen molar-refractivity contribution in [2.24, 2.45) is 0 Å². The third kappa shape index (κ3) is 4.26. The van der Waals surface area contributed by atoms with Gasteiger partial charge in [-0.25, -0.2) is 19.0 Å². The molecule has 146 valence electrons. The number of thiazole rings is 1. The zero-order valence-corrected chi connectivity index (χ0v) is 15.7. The van der Waals surface area contributed by atoms with Crippen LogP contribution < -0.4 is 21.6 Å². The molecule has 0 aliphatic carbocycles. The number of hydrogen-bond donors (Lipinski definition) is 1. The van der Waals surface area contributed by atoms with Crippen molar-refractivity contribution < 1.29 is 18.2 Å². The Bertz CT molecular complexity index is 1240. The number of ether oxygens (including phenoxy) is 1. The predicted octanol–water partition coefficient (Wildman–Crippen LogP) is 1.75. The van der Waals surface area contributed by atoms with Crippen LogP contribution in [0.2, 0.25) is 0 Å². The average Bonchev–Trinajstić information content (AvgIpc) is 3.10. The molecule has 0 radical (unpaired) electrons. The largest absolute Gasteiger partial charge is 0.496 e. The van der Waals surface area contributed by atoms with E-state index in [2.05, 4.69) is 4.98 Å². The van der Waals surface area contributed by atoms with Crippen LogP contribution in [-0.4, -0.2) is 21.6 Å². The highest BCUT2D eigenvalue weighted by atomic mass is 32.1. The van der Waals surface area contributed by atoms with Crippen LogP contribution in [0, 0.1) is 18.2 Å². The van der Waals surface area contributed by atoms with Gasteiger partial charge in [-0.3, -0.25) is 5.41 Å². The molecule has 0 amide bonds. The number of nitrogens with zero attached hydrogens (tertiary/aromatic N) is 3. The van der Waals surface area contributed by atoms with Gasteiger partial charge in [-0.05, 0) is 25.1 Å². The van der Waals surface area contributed by atoms with E-state index < -0.39 is 22.7 Å². The average molecular weight is 406 g/mol. The summed E-state index contributed by atoms with van der Waals surface area (Å²) in [5, 5.41) is 10.3. The molecule has 1 N–H and O–H groups in total. The summed E-state index contributed by atoms with van der Waals surface area (Å²) in [6.07, 6.45) is 0. The number of rotatable bonds is 4. The second-order valence-corrected chi connectivity index (χ2v) is 6.37. The molecule has 0 aliphatic heterocycles. The molecule has 11 heteroatoms. The van der Waals surface area contributed by atoms with Crippen molar-refractivity contribution in [2.75, 3.05) is 7.11 Å². The Hall–Kier alpha value is -3.47. The Morgan fingerprint density at radius 3 is 2.57 bits per heavy atom. The first kappa shape index (κ1) is 19.3. The molecule has 0 atom stereocenters. The first-order valence-electron chi connectivity index (χ1n) is 7.90. The molecule has 9 nitrogen and oxygen atoms in total. The van der Waals surface area contributed by atoms with Gasteiger partial charge in [0.2, 0.25) is 5.13 Å². The summed E-state index contributed by atoms with van der Waals surface area (Å²) in [6, 6.07) is 5.55. The summed E-state index contributed by atoms with van der Waals surface area (Å²) >= 11 is 1.12. The Kier molecular flexibility index (Phi) is 5.54. The highest BCUT2D eigenvalue weighted by Gasteiger charge is 2.11. The van der Waals surface area contributed by atoms with E-state index in [1.54, 1.807) is 12.3 Å². The van der Waals surface area contributed by atoms with Crippen LogP contribution in [0.5, 0.6) is 5.75 Å². The van der Waals surface area contributed by atoms with Crippen LogP contribution in [0.3, 0.4) is 0 Å². The first-order valence-corrected chi connectivity index (χ1v) is 8.78. The maximum Gasteiger partial charge on any atom is 0.357 e. The lowest BCUT2D eigenvalue weighted by Gasteiger charge is -2.09. The molecule has 0 saturated heterocycles. The topological polar surface area (TPSA) is 116 Å². The van der Waals surface area contributed by atoms with Gasteiger partial charge in [-0.1, -0.05) is 0 Å². The highest BCUT2D eigenvalue weighted by molar-refractivity contribution is 7.12. The van der Waals surface area contributed by atoms with Crippen LogP contribution in [0.15, 0.2) is 54.3 Å². The third-order valence-electron chi connectivity index (χ3n) is 3.50. The lowest BCUT2D eigenvalue weighted by atomic mass is 10.2. The zero-order chi connectivity index (χ0) is 20.3. The molecule has 3 aromatic rings. The van der Waals surface area contributed by atoms with Gasteiger partial charge < -0.3 is 13.8 Å². The molecule has 0 spiro atoms. The number of halogens is 1. The lowest BCUT2D eigenvalue weighted by Crippen LogP contribution is -2.30. The Balaban J connectivity index is 2.31. The maximum atomic E-state index is 13.7. The summed E-state index contributed by atoms with van der Waals surface area (Å²) in [5.41, 5.74) is -1.35. The van der Waals surface area contributed by atoms with Crippen molar-refractivity contribution in [3.05, 3.63) is 79.2 Å². The highest BCUT2D eigenvalue weighted by Crippen LogP contribution is 2.19. The Morgan fingerprint density at radius 2 is 1.93 bits per heavy atom. The molecule has 0 aliphatic rings. The fourth-order valence-electron chi connectivity index (χ4n) is 2.28. The number of hydrogen-bond acceptors (Lipinski definition) is 8. The molecule has 0 saturated carbocycles. The quantitative estimate of drug-likeness (QED) is 0.706. The number of benzene rings is 1. The van der Waals surface area contributed by atoms with Gasteiger partial charge in [0.15, 0.2) is 0 Å². The second kappa shape index (κ2) is 8.05. The normalized spacial score (nSPS) is 10.5. The minimum absolute atomic E-state index is 0.179. The monoisotopic (exact) mass is 406 g/mol. The summed E-state index contributed by atoms with van der Waals surface area (Å²) < 4.78 is 30.8. The van der Waals surface area contributed by atoms with E-state index in [9.17, 15) is 14.0 Å². The van der Waals surface area contributed by atoms with Gasteiger partial charge in [0.05, 0.1) is 19.3 Å². The van der Waals surface area contributed by atoms with Crippen LogP contribution >= 0.6 is 11.3 Å². The zero-order valence-electron chi connectivity index (χ0n) is 14.8. The summed E-state index contributed by atoms with van der Waals surface area (Å²) in [4.78, 5) is 28.1. The molecule has 3 rings (SSSR count). The molecule has 28 heavy (non-hydrogen) atoms. The fourth-order valence-corrected chi connectivity index (χ4v) is 3.03. The number of nitrogens with one attached hydrogen (secondary N) is 1. The second-order valence-electron chi connectivity index (χ2n) is 5.54. The smallest absolute Gasteiger partial charge is 0.357 e. The Morgan fingerprint density at radius 1 is 1.21 bits per heavy atom. The molecule has 1 aromatic carbocycles. The van der Waals surface area contributed by atoms with Crippen molar-refractivity contribution in [1.29, 1.82) is 5.41 Å². The first-order chi connectivity index (χ1) is 13.4. The molecule has 2 heterocycles. The van der Waals surface area contributed by atoms with Crippen LogP contribution in [0.4, 0.5) is 4.39 Å². The van der Waals surface area contributed by atoms with Gasteiger partial charge in [0, 0.05) is 23.1 Å².